The molecule has 0 spiro atoms. The zero-order valence-electron chi connectivity index (χ0n) is 13.1. The maximum Gasteiger partial charge on any atom is 0.243 e. The van der Waals surface area contributed by atoms with Crippen molar-refractivity contribution in [3.05, 3.63) is 0 Å². The fourth-order valence-electron chi connectivity index (χ4n) is 2.54. The van der Waals surface area contributed by atoms with E-state index in [0.717, 1.165) is 0 Å². The number of likely N-dealkylation sites (tertiary alicyclic amines) is 1. The van der Waals surface area contributed by atoms with Crippen LogP contribution in [0.4, 0.5) is 0 Å². The Hall–Kier alpha value is -0.490. The number of imide groups is 1. The first-order valence-corrected chi connectivity index (χ1v) is 7.91. The van der Waals surface area contributed by atoms with Crippen molar-refractivity contribution < 1.29 is 14.4 Å². The maximum atomic E-state index is 12.0. The standard InChI is InChI=1S/C13H21NO3S.CH4S/c1-8(15)12(2,3)7-13(4,5)14-10(16)6-9(18)11(14)17;1-2/h9,18H,6-7H2,1-5H3;2H,1H3. The number of amides is 2. The van der Waals surface area contributed by atoms with Gasteiger partial charge in [0.2, 0.25) is 11.8 Å². The lowest BCUT2D eigenvalue weighted by Gasteiger charge is -2.39. The van der Waals surface area contributed by atoms with Crippen LogP contribution in [0.5, 0.6) is 0 Å². The van der Waals surface area contributed by atoms with E-state index in [0.29, 0.717) is 6.42 Å². The Morgan fingerprint density at radius 1 is 1.25 bits per heavy atom. The van der Waals surface area contributed by atoms with Crippen LogP contribution in [0.2, 0.25) is 0 Å². The van der Waals surface area contributed by atoms with E-state index in [-0.39, 0.29) is 24.0 Å². The molecule has 1 atom stereocenters. The van der Waals surface area contributed by atoms with E-state index in [1.54, 1.807) is 6.26 Å². The van der Waals surface area contributed by atoms with Crippen LogP contribution in [0.3, 0.4) is 0 Å². The fraction of sp³-hybridized carbons (Fsp3) is 0.786. The molecule has 2 amide bonds. The summed E-state index contributed by atoms with van der Waals surface area (Å²) >= 11 is 7.64. The molecule has 0 radical (unpaired) electrons. The van der Waals surface area contributed by atoms with Crippen molar-refractivity contribution in [3.63, 3.8) is 0 Å². The Bertz CT molecular complexity index is 405. The predicted molar refractivity (Wildman–Crippen MR) is 87.3 cm³/mol. The zero-order valence-corrected chi connectivity index (χ0v) is 14.8. The normalized spacial score (nSPS) is 19.8. The number of carbonyl (C=O) groups is 3. The van der Waals surface area contributed by atoms with Gasteiger partial charge in [0, 0.05) is 17.4 Å². The average molecular weight is 319 g/mol. The van der Waals surface area contributed by atoms with Crippen LogP contribution in [0.1, 0.15) is 47.5 Å². The van der Waals surface area contributed by atoms with Crippen LogP contribution in [-0.2, 0) is 14.4 Å². The van der Waals surface area contributed by atoms with Gasteiger partial charge in [-0.25, -0.2) is 0 Å². The molecule has 1 aliphatic heterocycles. The molecule has 0 aromatic rings. The van der Waals surface area contributed by atoms with E-state index >= 15 is 0 Å². The maximum absolute atomic E-state index is 12.0. The highest BCUT2D eigenvalue weighted by Crippen LogP contribution is 2.36. The zero-order chi connectivity index (χ0) is 16.3. The molecular formula is C14H25NO3S2. The minimum absolute atomic E-state index is 0.0529. The summed E-state index contributed by atoms with van der Waals surface area (Å²) in [7, 11) is 0. The van der Waals surface area contributed by atoms with E-state index in [9.17, 15) is 14.4 Å². The van der Waals surface area contributed by atoms with E-state index in [4.69, 9.17) is 0 Å². The third kappa shape index (κ3) is 4.25. The summed E-state index contributed by atoms with van der Waals surface area (Å²) in [6, 6.07) is 0. The Balaban J connectivity index is 0.00000172. The molecular weight excluding hydrogens is 294 g/mol. The smallest absolute Gasteiger partial charge is 0.243 e. The van der Waals surface area contributed by atoms with Gasteiger partial charge in [0.1, 0.15) is 5.78 Å². The second-order valence-electron chi connectivity index (χ2n) is 6.22. The number of thiol groups is 2. The highest BCUT2D eigenvalue weighted by molar-refractivity contribution is 7.81. The van der Waals surface area contributed by atoms with Gasteiger partial charge in [-0.15, -0.1) is 0 Å². The van der Waals surface area contributed by atoms with Crippen LogP contribution < -0.4 is 0 Å². The van der Waals surface area contributed by atoms with Gasteiger partial charge in [-0.05, 0) is 33.4 Å². The summed E-state index contributed by atoms with van der Waals surface area (Å²) < 4.78 is 0. The van der Waals surface area contributed by atoms with Crippen LogP contribution in [0, 0.1) is 5.41 Å². The lowest BCUT2D eigenvalue weighted by Crippen LogP contribution is -2.51. The minimum atomic E-state index is -0.666. The summed E-state index contributed by atoms with van der Waals surface area (Å²) in [5, 5.41) is -0.544. The van der Waals surface area contributed by atoms with Gasteiger partial charge < -0.3 is 0 Å². The quantitative estimate of drug-likeness (QED) is 0.618. The molecule has 1 unspecified atom stereocenters. The minimum Gasteiger partial charge on any atom is -0.299 e. The van der Waals surface area contributed by atoms with Gasteiger partial charge in [-0.3, -0.25) is 19.3 Å². The van der Waals surface area contributed by atoms with Crippen LogP contribution in [0.15, 0.2) is 0 Å². The van der Waals surface area contributed by atoms with Crippen molar-refractivity contribution in [2.24, 2.45) is 5.41 Å². The van der Waals surface area contributed by atoms with Gasteiger partial charge >= 0.3 is 0 Å². The van der Waals surface area contributed by atoms with Crippen molar-refractivity contribution in [2.75, 3.05) is 6.26 Å². The van der Waals surface area contributed by atoms with E-state index in [1.165, 1.54) is 11.8 Å². The second kappa shape index (κ2) is 6.98. The number of rotatable bonds is 4. The largest absolute Gasteiger partial charge is 0.299 e. The summed E-state index contributed by atoms with van der Waals surface area (Å²) in [6.07, 6.45) is 2.29. The summed E-state index contributed by atoms with van der Waals surface area (Å²) in [6.45, 7) is 8.84. The number of nitrogens with zero attached hydrogens (tertiary/aromatic N) is 1. The Labute approximate surface area is 132 Å². The van der Waals surface area contributed by atoms with Crippen molar-refractivity contribution in [3.8, 4) is 0 Å². The van der Waals surface area contributed by atoms with Gasteiger partial charge in [-0.2, -0.15) is 25.3 Å². The number of Topliss-reactive ketones (excluding diaryl/α,β-unsaturated/α-hetero) is 1. The Kier molecular flexibility index (Phi) is 6.81. The summed E-state index contributed by atoms with van der Waals surface area (Å²) in [5.41, 5.74) is -1.22. The molecule has 1 heterocycles. The molecule has 1 fully saturated rings. The molecule has 6 heteroatoms. The molecule has 20 heavy (non-hydrogen) atoms. The van der Waals surface area contributed by atoms with Crippen molar-refractivity contribution in [2.45, 2.75) is 58.2 Å². The lowest BCUT2D eigenvalue weighted by atomic mass is 9.77. The average Bonchev–Trinajstić information content (AvgIpc) is 2.54. The summed E-state index contributed by atoms with van der Waals surface area (Å²) in [4.78, 5) is 36.7. The molecule has 1 rings (SSSR count). The first kappa shape index (κ1) is 19.5. The SMILES string of the molecule is CC(=O)C(C)(C)CC(C)(C)N1C(=O)CC(S)C1=O.CS. The molecule has 1 saturated heterocycles. The molecule has 0 N–H and O–H groups in total. The van der Waals surface area contributed by atoms with Gasteiger partial charge in [-0.1, -0.05) is 13.8 Å². The van der Waals surface area contributed by atoms with E-state index < -0.39 is 16.2 Å². The van der Waals surface area contributed by atoms with Gasteiger partial charge in [0.15, 0.2) is 0 Å². The molecule has 4 nitrogen and oxygen atoms in total. The molecule has 0 aliphatic carbocycles. The van der Waals surface area contributed by atoms with Crippen molar-refractivity contribution in [1.82, 2.24) is 4.90 Å². The third-order valence-electron chi connectivity index (χ3n) is 3.56. The Morgan fingerprint density at radius 2 is 1.70 bits per heavy atom. The molecule has 0 aromatic heterocycles. The number of hydrogen-bond acceptors (Lipinski definition) is 5. The third-order valence-corrected chi connectivity index (χ3v) is 3.96. The van der Waals surface area contributed by atoms with Crippen LogP contribution in [-0.4, -0.2) is 39.5 Å². The molecule has 0 aromatic carbocycles. The topological polar surface area (TPSA) is 54.5 Å². The Morgan fingerprint density at radius 3 is 2.00 bits per heavy atom. The monoisotopic (exact) mass is 319 g/mol. The number of hydrogen-bond donors (Lipinski definition) is 2. The highest BCUT2D eigenvalue weighted by atomic mass is 32.1. The molecule has 0 bridgehead atoms. The molecule has 0 saturated carbocycles. The second-order valence-corrected chi connectivity index (χ2v) is 6.84. The van der Waals surface area contributed by atoms with Crippen LogP contribution in [0.25, 0.3) is 0 Å². The van der Waals surface area contributed by atoms with E-state index in [1.807, 2.05) is 27.7 Å². The fourth-order valence-corrected chi connectivity index (χ4v) is 2.81. The van der Waals surface area contributed by atoms with Crippen LogP contribution >= 0.6 is 25.3 Å². The number of ketones is 1. The van der Waals surface area contributed by atoms with Crippen molar-refractivity contribution in [1.29, 1.82) is 0 Å². The lowest BCUT2D eigenvalue weighted by molar-refractivity contribution is -0.147. The highest BCUT2D eigenvalue weighted by Gasteiger charge is 2.47. The predicted octanol–water partition coefficient (Wildman–Crippen LogP) is 2.37. The first-order valence-electron chi connectivity index (χ1n) is 6.50. The van der Waals surface area contributed by atoms with Gasteiger partial charge in [0.05, 0.1) is 5.25 Å². The van der Waals surface area contributed by atoms with Gasteiger partial charge in [0.25, 0.3) is 0 Å². The van der Waals surface area contributed by atoms with Crippen molar-refractivity contribution >= 4 is 42.9 Å². The summed E-state index contributed by atoms with van der Waals surface area (Å²) in [5.74, 6) is -0.408. The number of carbonyl (C=O) groups excluding carboxylic acids is 3. The first-order chi connectivity index (χ1) is 8.99. The molecule has 116 valence electrons. The molecule has 1 aliphatic rings. The van der Waals surface area contributed by atoms with E-state index in [2.05, 4.69) is 25.3 Å².